The highest BCUT2D eigenvalue weighted by molar-refractivity contribution is 5.78. The molecule has 1 aromatic carbocycles. The van der Waals surface area contributed by atoms with Gasteiger partial charge < -0.3 is 24.1 Å². The maximum atomic E-state index is 11.5. The highest BCUT2D eigenvalue weighted by Crippen LogP contribution is 2.33. The van der Waals surface area contributed by atoms with Gasteiger partial charge in [-0.15, -0.1) is 0 Å². The smallest absolute Gasteiger partial charge is 0.309 e. The Bertz CT molecular complexity index is 496. The molecule has 0 spiro atoms. The second-order valence-corrected chi connectivity index (χ2v) is 4.19. The van der Waals surface area contributed by atoms with Gasteiger partial charge >= 0.3 is 5.97 Å². The largest absolute Gasteiger partial charge is 0.550 e. The topological polar surface area (TPSA) is 84.9 Å². The van der Waals surface area contributed by atoms with Crippen LogP contribution in [0, 0.1) is 5.92 Å². The number of ether oxygens (including phenoxy) is 3. The first-order valence-corrected chi connectivity index (χ1v) is 5.76. The van der Waals surface area contributed by atoms with E-state index < -0.39 is 17.9 Å². The molecule has 0 amide bonds. The summed E-state index contributed by atoms with van der Waals surface area (Å²) in [6, 6.07) is 5.22. The molecule has 0 aromatic heterocycles. The lowest BCUT2D eigenvalue weighted by Gasteiger charge is -2.15. The van der Waals surface area contributed by atoms with Crippen molar-refractivity contribution >= 4 is 11.9 Å². The molecule has 0 radical (unpaired) electrons. The highest BCUT2D eigenvalue weighted by Gasteiger charge is 2.21. The van der Waals surface area contributed by atoms with Gasteiger partial charge in [0.2, 0.25) is 6.79 Å². The van der Waals surface area contributed by atoms with Crippen molar-refractivity contribution in [1.82, 2.24) is 0 Å². The molecule has 6 heteroatoms. The van der Waals surface area contributed by atoms with Crippen LogP contribution in [0.3, 0.4) is 0 Å². The number of carbonyl (C=O) groups excluding carboxylic acids is 2. The van der Waals surface area contributed by atoms with E-state index in [1.165, 1.54) is 7.11 Å². The quantitative estimate of drug-likeness (QED) is 0.690. The van der Waals surface area contributed by atoms with Crippen molar-refractivity contribution < 1.29 is 28.9 Å². The molecular formula is C13H13O6-. The average Bonchev–Trinajstić information content (AvgIpc) is 2.84. The van der Waals surface area contributed by atoms with Crippen molar-refractivity contribution in [2.45, 2.75) is 12.8 Å². The first-order valence-electron chi connectivity index (χ1n) is 5.76. The third kappa shape index (κ3) is 3.15. The van der Waals surface area contributed by atoms with Crippen LogP contribution in [0.15, 0.2) is 18.2 Å². The molecule has 0 N–H and O–H groups in total. The van der Waals surface area contributed by atoms with Crippen molar-refractivity contribution in [2.75, 3.05) is 13.9 Å². The summed E-state index contributed by atoms with van der Waals surface area (Å²) in [5.41, 5.74) is 0.779. The van der Waals surface area contributed by atoms with Crippen LogP contribution in [0.4, 0.5) is 0 Å². The number of hydrogen-bond acceptors (Lipinski definition) is 6. The molecule has 0 saturated carbocycles. The molecule has 0 unspecified atom stereocenters. The Morgan fingerprint density at radius 3 is 2.79 bits per heavy atom. The summed E-state index contributed by atoms with van der Waals surface area (Å²) in [6.45, 7) is 0.165. The fourth-order valence-electron chi connectivity index (χ4n) is 1.96. The van der Waals surface area contributed by atoms with Gasteiger partial charge in [-0.25, -0.2) is 0 Å². The van der Waals surface area contributed by atoms with E-state index in [2.05, 4.69) is 4.74 Å². The van der Waals surface area contributed by atoms with E-state index in [1.807, 2.05) is 0 Å². The molecule has 0 saturated heterocycles. The van der Waals surface area contributed by atoms with Crippen molar-refractivity contribution in [1.29, 1.82) is 0 Å². The minimum Gasteiger partial charge on any atom is -0.550 e. The number of esters is 1. The first-order chi connectivity index (χ1) is 9.10. The van der Waals surface area contributed by atoms with Crippen LogP contribution >= 0.6 is 0 Å². The van der Waals surface area contributed by atoms with Crippen LogP contribution in [-0.4, -0.2) is 25.8 Å². The third-order valence-corrected chi connectivity index (χ3v) is 2.87. The van der Waals surface area contributed by atoms with Crippen molar-refractivity contribution in [3.05, 3.63) is 23.8 Å². The molecule has 1 heterocycles. The zero-order chi connectivity index (χ0) is 13.8. The zero-order valence-electron chi connectivity index (χ0n) is 10.4. The van der Waals surface area contributed by atoms with Gasteiger partial charge in [-0.3, -0.25) is 4.79 Å². The average molecular weight is 265 g/mol. The molecule has 1 aromatic rings. The van der Waals surface area contributed by atoms with Crippen LogP contribution in [0.1, 0.15) is 12.0 Å². The van der Waals surface area contributed by atoms with Crippen LogP contribution in [-0.2, 0) is 20.7 Å². The van der Waals surface area contributed by atoms with E-state index >= 15 is 0 Å². The van der Waals surface area contributed by atoms with Crippen LogP contribution in [0.25, 0.3) is 0 Å². The lowest BCUT2D eigenvalue weighted by Crippen LogP contribution is -2.30. The van der Waals surface area contributed by atoms with E-state index in [0.29, 0.717) is 11.5 Å². The summed E-state index contributed by atoms with van der Waals surface area (Å²) in [6.07, 6.45) is -0.127. The minimum atomic E-state index is -1.28. The summed E-state index contributed by atoms with van der Waals surface area (Å²) >= 11 is 0. The van der Waals surface area contributed by atoms with E-state index in [1.54, 1.807) is 18.2 Å². The SMILES string of the molecule is COC(=O)[C@H](CC(=O)[O-])Cc1ccc2c(c1)OCO2. The van der Waals surface area contributed by atoms with E-state index in [0.717, 1.165) is 5.56 Å². The fraction of sp³-hybridized carbons (Fsp3) is 0.385. The van der Waals surface area contributed by atoms with Crippen molar-refractivity contribution in [3.8, 4) is 11.5 Å². The number of aliphatic carboxylic acids is 1. The van der Waals surface area contributed by atoms with Gasteiger partial charge in [0, 0.05) is 12.4 Å². The van der Waals surface area contributed by atoms with E-state index in [4.69, 9.17) is 9.47 Å². The molecule has 1 aliphatic rings. The number of carboxylic acid groups (broad SMARTS) is 1. The number of carbonyl (C=O) groups is 2. The number of hydrogen-bond donors (Lipinski definition) is 0. The maximum absolute atomic E-state index is 11.5. The van der Waals surface area contributed by atoms with Gasteiger partial charge in [-0.2, -0.15) is 0 Å². The number of rotatable bonds is 5. The van der Waals surface area contributed by atoms with Gasteiger partial charge in [0.1, 0.15) is 0 Å². The van der Waals surface area contributed by atoms with Crippen molar-refractivity contribution in [2.24, 2.45) is 5.92 Å². The summed E-state index contributed by atoms with van der Waals surface area (Å²) in [5, 5.41) is 10.6. The number of fused-ring (bicyclic) bond motifs is 1. The summed E-state index contributed by atoms with van der Waals surface area (Å²) < 4.78 is 15.0. The standard InChI is InChI=1S/C13H14O6/c1-17-13(16)9(6-12(14)15)4-8-2-3-10-11(5-8)19-7-18-10/h2-3,5,9H,4,6-7H2,1H3,(H,14,15)/p-1/t9-/m0/s1. The van der Waals surface area contributed by atoms with E-state index in [9.17, 15) is 14.7 Å². The van der Waals surface area contributed by atoms with Crippen LogP contribution in [0.5, 0.6) is 11.5 Å². The second kappa shape index (κ2) is 5.60. The van der Waals surface area contributed by atoms with E-state index in [-0.39, 0.29) is 19.6 Å². The monoisotopic (exact) mass is 265 g/mol. The molecule has 0 aliphatic carbocycles. The molecule has 102 valence electrons. The third-order valence-electron chi connectivity index (χ3n) is 2.87. The predicted molar refractivity (Wildman–Crippen MR) is 61.4 cm³/mol. The van der Waals surface area contributed by atoms with Crippen LogP contribution < -0.4 is 14.6 Å². The van der Waals surface area contributed by atoms with Gasteiger partial charge in [-0.1, -0.05) is 6.07 Å². The lowest BCUT2D eigenvalue weighted by molar-refractivity contribution is -0.306. The molecule has 1 atom stereocenters. The van der Waals surface area contributed by atoms with Gasteiger partial charge in [0.25, 0.3) is 0 Å². The Hall–Kier alpha value is -2.24. The molecule has 2 rings (SSSR count). The molecule has 6 nitrogen and oxygen atoms in total. The highest BCUT2D eigenvalue weighted by atomic mass is 16.7. The molecule has 1 aliphatic heterocycles. The molecule has 0 fully saturated rings. The summed E-state index contributed by atoms with van der Waals surface area (Å²) in [7, 11) is 1.23. The maximum Gasteiger partial charge on any atom is 0.309 e. The summed E-state index contributed by atoms with van der Waals surface area (Å²) in [4.78, 5) is 22.2. The zero-order valence-corrected chi connectivity index (χ0v) is 10.4. The minimum absolute atomic E-state index is 0.165. The fourth-order valence-corrected chi connectivity index (χ4v) is 1.96. The number of carboxylic acids is 1. The normalized spacial score (nSPS) is 13.9. The number of methoxy groups -OCH3 is 1. The Morgan fingerprint density at radius 2 is 2.11 bits per heavy atom. The van der Waals surface area contributed by atoms with Gasteiger partial charge in [-0.05, 0) is 24.1 Å². The molecular weight excluding hydrogens is 252 g/mol. The Kier molecular flexibility index (Phi) is 3.89. The first kappa shape index (κ1) is 13.2. The lowest BCUT2D eigenvalue weighted by atomic mass is 9.96. The molecule has 19 heavy (non-hydrogen) atoms. The number of benzene rings is 1. The Balaban J connectivity index is 2.12. The Labute approximate surface area is 109 Å². The van der Waals surface area contributed by atoms with Gasteiger partial charge in [0.15, 0.2) is 11.5 Å². The van der Waals surface area contributed by atoms with Crippen LogP contribution in [0.2, 0.25) is 0 Å². The predicted octanol–water partition coefficient (Wildman–Crippen LogP) is -0.113. The summed E-state index contributed by atoms with van der Waals surface area (Å²) in [5.74, 6) is -1.39. The second-order valence-electron chi connectivity index (χ2n) is 4.19. The Morgan fingerprint density at radius 1 is 1.37 bits per heavy atom. The van der Waals surface area contributed by atoms with Crippen molar-refractivity contribution in [3.63, 3.8) is 0 Å². The molecule has 0 bridgehead atoms. The van der Waals surface area contributed by atoms with Gasteiger partial charge in [0.05, 0.1) is 13.0 Å².